The molecule has 0 atom stereocenters. The van der Waals surface area contributed by atoms with Crippen LogP contribution in [0.4, 0.5) is 0 Å². The van der Waals surface area contributed by atoms with Crippen LogP contribution in [0.2, 0.25) is 0 Å². The number of carbonyl (C=O) groups excluding carboxylic acids is 1. The predicted molar refractivity (Wildman–Crippen MR) is 102 cm³/mol. The molecule has 0 aromatic heterocycles. The van der Waals surface area contributed by atoms with Gasteiger partial charge in [0, 0.05) is 11.1 Å². The fourth-order valence-electron chi connectivity index (χ4n) is 3.69. The molecule has 7 heteroatoms. The lowest BCUT2D eigenvalue weighted by Gasteiger charge is -2.32. The van der Waals surface area contributed by atoms with Gasteiger partial charge in [-0.3, -0.25) is 4.79 Å². The Morgan fingerprint density at radius 2 is 1.75 bits per heavy atom. The van der Waals surface area contributed by atoms with Crippen molar-refractivity contribution in [2.75, 3.05) is 47.2 Å². The molecule has 2 aliphatic rings. The molecule has 1 N–H and O–H groups in total. The SMILES string of the molecule is COc1ccc(C(=O)N2CC[NH+](Cc3ccc4c(c3)OCO4)CC2)cc1OC. The van der Waals surface area contributed by atoms with Gasteiger partial charge in [-0.2, -0.15) is 0 Å². The largest absolute Gasteiger partial charge is 0.493 e. The molecule has 0 aliphatic carbocycles. The number of quaternary nitrogens is 1. The standard InChI is InChI=1S/C21H24N2O5/c1-25-17-6-4-16(12-19(17)26-2)21(24)23-9-7-22(8-10-23)13-15-3-5-18-20(11-15)28-14-27-18/h3-6,11-12H,7-10,13-14H2,1-2H3/p+1. The van der Waals surface area contributed by atoms with Crippen LogP contribution in [0.3, 0.4) is 0 Å². The molecule has 0 spiro atoms. The van der Waals surface area contributed by atoms with Crippen molar-refractivity contribution < 1.29 is 28.6 Å². The molecule has 0 unspecified atom stereocenters. The van der Waals surface area contributed by atoms with E-state index in [1.165, 1.54) is 10.5 Å². The first-order chi connectivity index (χ1) is 13.7. The number of hydrogen-bond acceptors (Lipinski definition) is 5. The molecule has 148 valence electrons. The number of piperazine rings is 1. The van der Waals surface area contributed by atoms with E-state index in [0.29, 0.717) is 23.9 Å². The Bertz CT molecular complexity index is 862. The summed E-state index contributed by atoms with van der Waals surface area (Å²) in [6.07, 6.45) is 0. The second-order valence-corrected chi connectivity index (χ2v) is 6.98. The van der Waals surface area contributed by atoms with Gasteiger partial charge in [-0.25, -0.2) is 0 Å². The number of ether oxygens (including phenoxy) is 4. The van der Waals surface area contributed by atoms with Crippen LogP contribution in [0, 0.1) is 0 Å². The summed E-state index contributed by atoms with van der Waals surface area (Å²) < 4.78 is 21.4. The summed E-state index contributed by atoms with van der Waals surface area (Å²) in [5.74, 6) is 2.85. The van der Waals surface area contributed by atoms with Crippen molar-refractivity contribution in [3.63, 3.8) is 0 Å². The summed E-state index contributed by atoms with van der Waals surface area (Å²) in [4.78, 5) is 16.2. The predicted octanol–water partition coefficient (Wildman–Crippen LogP) is 0.973. The number of fused-ring (bicyclic) bond motifs is 1. The minimum absolute atomic E-state index is 0.0306. The Morgan fingerprint density at radius 1 is 1.00 bits per heavy atom. The minimum Gasteiger partial charge on any atom is -0.493 e. The van der Waals surface area contributed by atoms with Crippen LogP contribution in [-0.4, -0.2) is 58.0 Å². The molecule has 1 fully saturated rings. The topological polar surface area (TPSA) is 61.7 Å². The smallest absolute Gasteiger partial charge is 0.254 e. The van der Waals surface area contributed by atoms with E-state index in [4.69, 9.17) is 18.9 Å². The van der Waals surface area contributed by atoms with Gasteiger partial charge in [-0.15, -0.1) is 0 Å². The van der Waals surface area contributed by atoms with Crippen LogP contribution in [0.1, 0.15) is 15.9 Å². The number of rotatable bonds is 5. The molecule has 1 amide bonds. The lowest BCUT2D eigenvalue weighted by Crippen LogP contribution is -3.13. The summed E-state index contributed by atoms with van der Waals surface area (Å²) in [6.45, 7) is 4.48. The lowest BCUT2D eigenvalue weighted by atomic mass is 10.1. The molecule has 2 aromatic rings. The van der Waals surface area contributed by atoms with Crippen LogP contribution in [0.15, 0.2) is 36.4 Å². The molecule has 2 heterocycles. The van der Waals surface area contributed by atoms with Gasteiger partial charge in [-0.05, 0) is 36.4 Å². The fourth-order valence-corrected chi connectivity index (χ4v) is 3.69. The van der Waals surface area contributed by atoms with Gasteiger partial charge in [0.25, 0.3) is 5.91 Å². The van der Waals surface area contributed by atoms with Crippen LogP contribution < -0.4 is 23.8 Å². The number of methoxy groups -OCH3 is 2. The van der Waals surface area contributed by atoms with E-state index >= 15 is 0 Å². The van der Waals surface area contributed by atoms with Gasteiger partial charge < -0.3 is 28.7 Å². The molecule has 2 aliphatic heterocycles. The average molecular weight is 385 g/mol. The first-order valence-corrected chi connectivity index (χ1v) is 9.41. The number of amides is 1. The summed E-state index contributed by atoms with van der Waals surface area (Å²) >= 11 is 0. The Kier molecular flexibility index (Phi) is 5.25. The summed E-state index contributed by atoms with van der Waals surface area (Å²) in [7, 11) is 3.16. The summed E-state index contributed by atoms with van der Waals surface area (Å²) in [5, 5.41) is 0. The number of carbonyl (C=O) groups is 1. The molecule has 2 aromatic carbocycles. The van der Waals surface area contributed by atoms with Gasteiger partial charge in [0.15, 0.2) is 23.0 Å². The zero-order valence-electron chi connectivity index (χ0n) is 16.2. The molecular weight excluding hydrogens is 360 g/mol. The number of benzene rings is 2. The molecule has 4 rings (SSSR count). The fraction of sp³-hybridized carbons (Fsp3) is 0.381. The average Bonchev–Trinajstić information content (AvgIpc) is 3.21. The molecule has 7 nitrogen and oxygen atoms in total. The Morgan fingerprint density at radius 3 is 2.50 bits per heavy atom. The van der Waals surface area contributed by atoms with Crippen molar-refractivity contribution in [2.24, 2.45) is 0 Å². The summed E-state index contributed by atoms with van der Waals surface area (Å²) in [6, 6.07) is 11.4. The Hall–Kier alpha value is -2.93. The molecule has 0 saturated carbocycles. The first kappa shape index (κ1) is 18.4. The molecule has 28 heavy (non-hydrogen) atoms. The quantitative estimate of drug-likeness (QED) is 0.831. The van der Waals surface area contributed by atoms with E-state index in [9.17, 15) is 4.79 Å². The van der Waals surface area contributed by atoms with Gasteiger partial charge in [0.2, 0.25) is 6.79 Å². The lowest BCUT2D eigenvalue weighted by molar-refractivity contribution is -0.917. The van der Waals surface area contributed by atoms with Crippen molar-refractivity contribution in [3.05, 3.63) is 47.5 Å². The first-order valence-electron chi connectivity index (χ1n) is 9.41. The minimum atomic E-state index is 0.0306. The molecule has 0 radical (unpaired) electrons. The normalized spacial score (nSPS) is 16.1. The number of nitrogens with one attached hydrogen (secondary N) is 1. The molecule has 0 bridgehead atoms. The third-order valence-electron chi connectivity index (χ3n) is 5.28. The zero-order chi connectivity index (χ0) is 19.5. The Labute approximate surface area is 164 Å². The molecule has 1 saturated heterocycles. The second-order valence-electron chi connectivity index (χ2n) is 6.98. The maximum absolute atomic E-state index is 12.9. The van der Waals surface area contributed by atoms with Crippen LogP contribution in [0.25, 0.3) is 0 Å². The number of hydrogen-bond donors (Lipinski definition) is 1. The van der Waals surface area contributed by atoms with Gasteiger partial charge in [0.05, 0.1) is 40.4 Å². The van der Waals surface area contributed by atoms with E-state index in [2.05, 4.69) is 12.1 Å². The zero-order valence-corrected chi connectivity index (χ0v) is 16.2. The van der Waals surface area contributed by atoms with Gasteiger partial charge >= 0.3 is 0 Å². The number of nitrogens with zero attached hydrogens (tertiary/aromatic N) is 1. The summed E-state index contributed by atoms with van der Waals surface area (Å²) in [5.41, 5.74) is 1.84. The third kappa shape index (κ3) is 3.71. The van der Waals surface area contributed by atoms with E-state index in [-0.39, 0.29) is 5.91 Å². The highest BCUT2D eigenvalue weighted by Crippen LogP contribution is 2.32. The molecular formula is C21H25N2O5+. The highest BCUT2D eigenvalue weighted by Gasteiger charge is 2.26. The third-order valence-corrected chi connectivity index (χ3v) is 5.28. The van der Waals surface area contributed by atoms with Crippen LogP contribution in [-0.2, 0) is 6.54 Å². The Balaban J connectivity index is 1.35. The van der Waals surface area contributed by atoms with Crippen molar-refractivity contribution in [1.82, 2.24) is 4.90 Å². The highest BCUT2D eigenvalue weighted by molar-refractivity contribution is 5.95. The van der Waals surface area contributed by atoms with Crippen LogP contribution in [0.5, 0.6) is 23.0 Å². The van der Waals surface area contributed by atoms with Crippen molar-refractivity contribution in [2.45, 2.75) is 6.54 Å². The monoisotopic (exact) mass is 385 g/mol. The van der Waals surface area contributed by atoms with Crippen molar-refractivity contribution in [1.29, 1.82) is 0 Å². The van der Waals surface area contributed by atoms with Crippen molar-refractivity contribution in [3.8, 4) is 23.0 Å². The maximum Gasteiger partial charge on any atom is 0.254 e. The van der Waals surface area contributed by atoms with E-state index in [1.807, 2.05) is 11.0 Å². The second kappa shape index (κ2) is 7.98. The van der Waals surface area contributed by atoms with E-state index in [0.717, 1.165) is 44.2 Å². The van der Waals surface area contributed by atoms with Gasteiger partial charge in [0.1, 0.15) is 6.54 Å². The van der Waals surface area contributed by atoms with E-state index in [1.54, 1.807) is 32.4 Å². The maximum atomic E-state index is 12.9. The van der Waals surface area contributed by atoms with E-state index < -0.39 is 0 Å². The van der Waals surface area contributed by atoms with Gasteiger partial charge in [-0.1, -0.05) is 0 Å². The highest BCUT2D eigenvalue weighted by atomic mass is 16.7. The van der Waals surface area contributed by atoms with Crippen LogP contribution >= 0.6 is 0 Å². The van der Waals surface area contributed by atoms with Crippen molar-refractivity contribution >= 4 is 5.91 Å².